The number of aryl methyl sites for hydroxylation is 1. The Balaban J connectivity index is 1.63. The van der Waals surface area contributed by atoms with Crippen LogP contribution in [0.2, 0.25) is 5.15 Å². The van der Waals surface area contributed by atoms with E-state index in [0.29, 0.717) is 16.5 Å². The van der Waals surface area contributed by atoms with E-state index >= 15 is 0 Å². The Morgan fingerprint density at radius 1 is 1.17 bits per heavy atom. The van der Waals surface area contributed by atoms with Crippen molar-refractivity contribution in [2.75, 3.05) is 10.2 Å². The molecule has 35 heavy (non-hydrogen) atoms. The minimum atomic E-state index is -4.58. The summed E-state index contributed by atoms with van der Waals surface area (Å²) >= 11 is 11.7. The highest BCUT2D eigenvalue weighted by atomic mass is 35.5. The Morgan fingerprint density at radius 2 is 1.89 bits per heavy atom. The molecule has 4 rings (SSSR count). The van der Waals surface area contributed by atoms with Crippen molar-refractivity contribution in [1.82, 2.24) is 14.9 Å². The van der Waals surface area contributed by atoms with Gasteiger partial charge in [0.15, 0.2) is 5.13 Å². The summed E-state index contributed by atoms with van der Waals surface area (Å²) in [6.07, 6.45) is -4.58. The summed E-state index contributed by atoms with van der Waals surface area (Å²) in [6, 6.07) is 5.23. The van der Waals surface area contributed by atoms with E-state index in [4.69, 9.17) is 11.6 Å². The SMILES string of the molecule is Cc1csc(Nc2cc(CN3C(=O)N(c4ccc(C(F)(F)F)cc4S)C(=O)C3(C)C)cc(Cl)n2)n1. The summed E-state index contributed by atoms with van der Waals surface area (Å²) in [7, 11) is 0. The number of halogens is 4. The number of imide groups is 1. The van der Waals surface area contributed by atoms with Gasteiger partial charge in [-0.15, -0.1) is 24.0 Å². The number of nitrogens with zero attached hydrogens (tertiary/aromatic N) is 4. The molecule has 0 radical (unpaired) electrons. The maximum absolute atomic E-state index is 13.3. The van der Waals surface area contributed by atoms with Gasteiger partial charge in [-0.3, -0.25) is 4.79 Å². The summed E-state index contributed by atoms with van der Waals surface area (Å²) in [5.41, 5.74) is -0.801. The molecular weight excluding hydrogens is 523 g/mol. The lowest BCUT2D eigenvalue weighted by Gasteiger charge is -2.27. The summed E-state index contributed by atoms with van der Waals surface area (Å²) in [5.74, 6) is -0.177. The third-order valence-corrected chi connectivity index (χ3v) is 6.84. The zero-order valence-corrected chi connectivity index (χ0v) is 21.1. The van der Waals surface area contributed by atoms with E-state index in [-0.39, 0.29) is 22.3 Å². The molecule has 0 spiro atoms. The molecule has 3 aromatic rings. The molecule has 1 aliphatic rings. The molecule has 1 saturated heterocycles. The molecule has 0 saturated carbocycles. The number of amides is 3. The predicted molar refractivity (Wildman–Crippen MR) is 131 cm³/mol. The smallest absolute Gasteiger partial charge is 0.316 e. The van der Waals surface area contributed by atoms with Crippen molar-refractivity contribution in [3.63, 3.8) is 0 Å². The third-order valence-electron chi connectivity index (χ3n) is 5.42. The van der Waals surface area contributed by atoms with Gasteiger partial charge in [-0.05, 0) is 56.7 Å². The average molecular weight is 542 g/mol. The number of hydrogen-bond acceptors (Lipinski definition) is 7. The summed E-state index contributed by atoms with van der Waals surface area (Å²) in [5, 5.41) is 5.72. The largest absolute Gasteiger partial charge is 0.416 e. The summed E-state index contributed by atoms with van der Waals surface area (Å²) in [6.45, 7) is 4.99. The van der Waals surface area contributed by atoms with Gasteiger partial charge in [-0.2, -0.15) is 13.2 Å². The molecule has 2 aromatic heterocycles. The molecule has 13 heteroatoms. The molecule has 3 amide bonds. The molecule has 7 nitrogen and oxygen atoms in total. The molecule has 184 valence electrons. The standard InChI is InChI=1S/C22H19ClF3N5O2S2/c1-11-10-35-19(27-11)29-17-7-12(6-16(23)28-17)9-30-20(33)31(18(32)21(30,2)3)14-5-4-13(8-15(14)34)22(24,25)26/h4-8,10,34H,9H2,1-3H3,(H,27,28,29). The van der Waals surface area contributed by atoms with Crippen LogP contribution >= 0.6 is 35.6 Å². The number of carbonyl (C=O) groups excluding carboxylic acids is 2. The fourth-order valence-electron chi connectivity index (χ4n) is 3.61. The van der Waals surface area contributed by atoms with Crippen LogP contribution in [0.3, 0.4) is 0 Å². The first kappa shape index (κ1) is 25.3. The normalized spacial score (nSPS) is 15.8. The number of thiol groups is 1. The van der Waals surface area contributed by atoms with E-state index in [9.17, 15) is 22.8 Å². The summed E-state index contributed by atoms with van der Waals surface area (Å²) < 4.78 is 39.1. The fraction of sp³-hybridized carbons (Fsp3) is 0.273. The van der Waals surface area contributed by atoms with Crippen molar-refractivity contribution in [3.8, 4) is 0 Å². The number of anilines is 3. The monoisotopic (exact) mass is 541 g/mol. The van der Waals surface area contributed by atoms with E-state index in [1.807, 2.05) is 12.3 Å². The third kappa shape index (κ3) is 4.95. The van der Waals surface area contributed by atoms with Gasteiger partial charge in [0.05, 0.1) is 16.9 Å². The van der Waals surface area contributed by atoms with Crippen LogP contribution in [0, 0.1) is 6.92 Å². The number of pyridine rings is 1. The number of aromatic nitrogens is 2. The van der Waals surface area contributed by atoms with Crippen LogP contribution in [0.25, 0.3) is 0 Å². The van der Waals surface area contributed by atoms with Crippen molar-refractivity contribution < 1.29 is 22.8 Å². The number of carbonyl (C=O) groups is 2. The Morgan fingerprint density at radius 3 is 2.49 bits per heavy atom. The van der Waals surface area contributed by atoms with E-state index < -0.39 is 29.2 Å². The van der Waals surface area contributed by atoms with Crippen LogP contribution in [-0.2, 0) is 17.5 Å². The number of rotatable bonds is 5. The number of thiazole rings is 1. The second-order valence-corrected chi connectivity index (χ2v) is 10.1. The van der Waals surface area contributed by atoms with Gasteiger partial charge in [0.1, 0.15) is 16.5 Å². The Hall–Kier alpha value is -2.83. The van der Waals surface area contributed by atoms with E-state index in [1.165, 1.54) is 16.2 Å². The molecule has 0 unspecified atom stereocenters. The molecular formula is C22H19ClF3N5O2S2. The maximum Gasteiger partial charge on any atom is 0.416 e. The Kier molecular flexibility index (Phi) is 6.49. The van der Waals surface area contributed by atoms with Gasteiger partial charge >= 0.3 is 12.2 Å². The van der Waals surface area contributed by atoms with E-state index in [0.717, 1.165) is 28.8 Å². The molecule has 1 aromatic carbocycles. The number of urea groups is 1. The van der Waals surface area contributed by atoms with Gasteiger partial charge in [0, 0.05) is 16.8 Å². The first-order valence-corrected chi connectivity index (χ1v) is 11.9. The van der Waals surface area contributed by atoms with Gasteiger partial charge < -0.3 is 10.2 Å². The first-order chi connectivity index (χ1) is 16.3. The predicted octanol–water partition coefficient (Wildman–Crippen LogP) is 6.30. The first-order valence-electron chi connectivity index (χ1n) is 10.2. The number of hydrogen-bond donors (Lipinski definition) is 2. The molecule has 1 aliphatic heterocycles. The molecule has 1 N–H and O–H groups in total. The van der Waals surface area contributed by atoms with Gasteiger partial charge in [-0.1, -0.05) is 11.6 Å². The highest BCUT2D eigenvalue weighted by molar-refractivity contribution is 7.80. The van der Waals surface area contributed by atoms with Gasteiger partial charge in [0.2, 0.25) is 0 Å². The lowest BCUT2D eigenvalue weighted by Crippen LogP contribution is -2.43. The van der Waals surface area contributed by atoms with Crippen LogP contribution in [0.4, 0.5) is 34.6 Å². The van der Waals surface area contributed by atoms with Crippen molar-refractivity contribution in [1.29, 1.82) is 0 Å². The van der Waals surface area contributed by atoms with Crippen molar-refractivity contribution in [3.05, 3.63) is 57.7 Å². The van der Waals surface area contributed by atoms with Crippen molar-refractivity contribution in [2.45, 2.75) is 43.9 Å². The molecule has 0 aliphatic carbocycles. The second kappa shape index (κ2) is 8.99. The fourth-order valence-corrected chi connectivity index (χ4v) is 4.85. The Labute approximate surface area is 213 Å². The molecule has 3 heterocycles. The van der Waals surface area contributed by atoms with Crippen LogP contribution in [-0.4, -0.2) is 32.3 Å². The zero-order valence-electron chi connectivity index (χ0n) is 18.6. The van der Waals surface area contributed by atoms with E-state index in [1.54, 1.807) is 26.0 Å². The van der Waals surface area contributed by atoms with Crippen LogP contribution < -0.4 is 10.2 Å². The van der Waals surface area contributed by atoms with Crippen molar-refractivity contribution in [2.24, 2.45) is 0 Å². The minimum Gasteiger partial charge on any atom is -0.316 e. The van der Waals surface area contributed by atoms with Crippen LogP contribution in [0.5, 0.6) is 0 Å². The number of benzene rings is 1. The molecule has 1 fully saturated rings. The minimum absolute atomic E-state index is 0.00439. The second-order valence-electron chi connectivity index (χ2n) is 8.37. The van der Waals surface area contributed by atoms with Crippen LogP contribution in [0.15, 0.2) is 40.6 Å². The van der Waals surface area contributed by atoms with Crippen LogP contribution in [0.1, 0.15) is 30.7 Å². The Bertz CT molecular complexity index is 1330. The van der Waals surface area contributed by atoms with Gasteiger partial charge in [-0.25, -0.2) is 19.7 Å². The topological polar surface area (TPSA) is 78.4 Å². The lowest BCUT2D eigenvalue weighted by atomic mass is 10.0. The average Bonchev–Trinajstić information content (AvgIpc) is 3.22. The molecule has 0 bridgehead atoms. The van der Waals surface area contributed by atoms with E-state index in [2.05, 4.69) is 27.9 Å². The lowest BCUT2D eigenvalue weighted by molar-refractivity contribution is -0.137. The zero-order chi connectivity index (χ0) is 25.7. The summed E-state index contributed by atoms with van der Waals surface area (Å²) in [4.78, 5) is 37.1. The molecule has 0 atom stereocenters. The van der Waals surface area contributed by atoms with Crippen molar-refractivity contribution >= 4 is 64.1 Å². The highest BCUT2D eigenvalue weighted by Gasteiger charge is 2.52. The number of nitrogens with one attached hydrogen (secondary N) is 1. The highest BCUT2D eigenvalue weighted by Crippen LogP contribution is 2.39. The maximum atomic E-state index is 13.3. The van der Waals surface area contributed by atoms with Gasteiger partial charge in [0.25, 0.3) is 5.91 Å². The number of alkyl halides is 3. The quantitative estimate of drug-likeness (QED) is 0.225.